The fourth-order valence-electron chi connectivity index (χ4n) is 2.37. The molecular formula is C12H20N6O. The van der Waals surface area contributed by atoms with Gasteiger partial charge in [-0.15, -0.1) is 0 Å². The summed E-state index contributed by atoms with van der Waals surface area (Å²) in [5.74, 6) is 0.806. The molecule has 7 heteroatoms. The van der Waals surface area contributed by atoms with Crippen LogP contribution in [0.15, 0.2) is 17.5 Å². The van der Waals surface area contributed by atoms with Crippen molar-refractivity contribution in [3.05, 3.63) is 18.1 Å². The summed E-state index contributed by atoms with van der Waals surface area (Å²) in [6.45, 7) is 5.24. The standard InChI is InChI=1S/C12H20N6O/c1-9-8-17(2)4-3-5-18(9)11-7-14-10(6-15-11)12(13)16-19/h6-7,9,19H,3-5,8H2,1-2H3,(H2,13,16). The molecule has 19 heavy (non-hydrogen) atoms. The molecule has 0 aromatic carbocycles. The third kappa shape index (κ3) is 3.11. The molecular weight excluding hydrogens is 244 g/mol. The summed E-state index contributed by atoms with van der Waals surface area (Å²) in [7, 11) is 2.13. The summed E-state index contributed by atoms with van der Waals surface area (Å²) in [6.07, 6.45) is 4.31. The molecule has 0 aliphatic carbocycles. The maximum Gasteiger partial charge on any atom is 0.190 e. The summed E-state index contributed by atoms with van der Waals surface area (Å²) in [5.41, 5.74) is 5.85. The summed E-state index contributed by atoms with van der Waals surface area (Å²) >= 11 is 0. The lowest BCUT2D eigenvalue weighted by molar-refractivity contribution is 0.318. The molecule has 0 radical (unpaired) electrons. The van der Waals surface area contributed by atoms with Gasteiger partial charge in [-0.2, -0.15) is 0 Å². The first kappa shape index (κ1) is 13.5. The van der Waals surface area contributed by atoms with Crippen LogP contribution in [-0.4, -0.2) is 58.6 Å². The van der Waals surface area contributed by atoms with Crippen LogP contribution in [0, 0.1) is 0 Å². The van der Waals surface area contributed by atoms with Gasteiger partial charge in [-0.1, -0.05) is 5.16 Å². The molecule has 1 saturated heterocycles. The Hall–Kier alpha value is -1.89. The van der Waals surface area contributed by atoms with Gasteiger partial charge in [0.05, 0.1) is 12.4 Å². The number of aromatic nitrogens is 2. The highest BCUT2D eigenvalue weighted by Crippen LogP contribution is 2.16. The van der Waals surface area contributed by atoms with Gasteiger partial charge in [0.25, 0.3) is 0 Å². The van der Waals surface area contributed by atoms with Crippen LogP contribution in [0.3, 0.4) is 0 Å². The number of amidine groups is 1. The predicted molar refractivity (Wildman–Crippen MR) is 73.5 cm³/mol. The SMILES string of the molecule is CC1CN(C)CCCN1c1cnc(C(N)=NO)cn1. The van der Waals surface area contributed by atoms with Crippen LogP contribution >= 0.6 is 0 Å². The van der Waals surface area contributed by atoms with Crippen molar-refractivity contribution in [1.29, 1.82) is 0 Å². The van der Waals surface area contributed by atoms with E-state index in [1.165, 1.54) is 6.20 Å². The molecule has 0 bridgehead atoms. The number of hydrogen-bond donors (Lipinski definition) is 2. The molecule has 104 valence electrons. The Morgan fingerprint density at radius 2 is 2.21 bits per heavy atom. The van der Waals surface area contributed by atoms with Gasteiger partial charge in [0.15, 0.2) is 5.84 Å². The second-order valence-electron chi connectivity index (χ2n) is 4.90. The Morgan fingerprint density at radius 3 is 2.84 bits per heavy atom. The van der Waals surface area contributed by atoms with Crippen LogP contribution < -0.4 is 10.6 Å². The molecule has 0 saturated carbocycles. The van der Waals surface area contributed by atoms with Gasteiger partial charge in [0.1, 0.15) is 11.5 Å². The molecule has 1 fully saturated rings. The Morgan fingerprint density at radius 1 is 1.42 bits per heavy atom. The van der Waals surface area contributed by atoms with Crippen LogP contribution in [0.5, 0.6) is 0 Å². The molecule has 7 nitrogen and oxygen atoms in total. The third-order valence-corrected chi connectivity index (χ3v) is 3.35. The first-order valence-electron chi connectivity index (χ1n) is 6.37. The molecule has 1 aliphatic heterocycles. The molecule has 1 atom stereocenters. The smallest absolute Gasteiger partial charge is 0.190 e. The Balaban J connectivity index is 2.17. The van der Waals surface area contributed by atoms with E-state index >= 15 is 0 Å². The van der Waals surface area contributed by atoms with E-state index in [1.807, 2.05) is 0 Å². The van der Waals surface area contributed by atoms with Crippen LogP contribution in [-0.2, 0) is 0 Å². The van der Waals surface area contributed by atoms with Gasteiger partial charge < -0.3 is 20.7 Å². The molecule has 1 aliphatic rings. The van der Waals surface area contributed by atoms with Crippen molar-refractivity contribution < 1.29 is 5.21 Å². The molecule has 1 unspecified atom stereocenters. The van der Waals surface area contributed by atoms with Crippen molar-refractivity contribution in [2.45, 2.75) is 19.4 Å². The van der Waals surface area contributed by atoms with Gasteiger partial charge in [-0.05, 0) is 26.9 Å². The number of oxime groups is 1. The van der Waals surface area contributed by atoms with Gasteiger partial charge in [0, 0.05) is 19.1 Å². The summed E-state index contributed by atoms with van der Waals surface area (Å²) in [4.78, 5) is 13.1. The minimum Gasteiger partial charge on any atom is -0.409 e. The lowest BCUT2D eigenvalue weighted by Crippen LogP contribution is -2.38. The van der Waals surface area contributed by atoms with E-state index < -0.39 is 0 Å². The Kier molecular flexibility index (Phi) is 4.16. The minimum absolute atomic E-state index is 0.0253. The highest BCUT2D eigenvalue weighted by Gasteiger charge is 2.21. The summed E-state index contributed by atoms with van der Waals surface area (Å²) in [5, 5.41) is 11.5. The topological polar surface area (TPSA) is 90.9 Å². The van der Waals surface area contributed by atoms with Gasteiger partial charge >= 0.3 is 0 Å². The van der Waals surface area contributed by atoms with Gasteiger partial charge in [-0.3, -0.25) is 0 Å². The average molecular weight is 264 g/mol. The van der Waals surface area contributed by atoms with E-state index in [9.17, 15) is 0 Å². The summed E-state index contributed by atoms with van der Waals surface area (Å²) < 4.78 is 0. The van der Waals surface area contributed by atoms with E-state index in [4.69, 9.17) is 10.9 Å². The van der Waals surface area contributed by atoms with Crippen LogP contribution in [0.25, 0.3) is 0 Å². The lowest BCUT2D eigenvalue weighted by Gasteiger charge is -2.28. The van der Waals surface area contributed by atoms with Crippen LogP contribution in [0.1, 0.15) is 19.0 Å². The van der Waals surface area contributed by atoms with Crippen molar-refractivity contribution in [1.82, 2.24) is 14.9 Å². The largest absolute Gasteiger partial charge is 0.409 e. The first-order valence-corrected chi connectivity index (χ1v) is 6.37. The lowest BCUT2D eigenvalue weighted by atomic mass is 10.2. The van der Waals surface area contributed by atoms with E-state index in [-0.39, 0.29) is 5.84 Å². The maximum absolute atomic E-state index is 8.59. The number of nitrogens with two attached hydrogens (primary N) is 1. The first-order chi connectivity index (χ1) is 9.11. The van der Waals surface area contributed by atoms with Crippen molar-refractivity contribution in [3.8, 4) is 0 Å². The van der Waals surface area contributed by atoms with Crippen molar-refractivity contribution >= 4 is 11.7 Å². The summed E-state index contributed by atoms with van der Waals surface area (Å²) in [6, 6.07) is 0.386. The monoisotopic (exact) mass is 264 g/mol. The molecule has 2 rings (SSSR count). The van der Waals surface area contributed by atoms with Gasteiger partial charge in [-0.25, -0.2) is 9.97 Å². The molecule has 1 aromatic rings. The van der Waals surface area contributed by atoms with Crippen molar-refractivity contribution in [2.24, 2.45) is 10.9 Å². The van der Waals surface area contributed by atoms with E-state index in [0.717, 1.165) is 31.9 Å². The van der Waals surface area contributed by atoms with Crippen LogP contribution in [0.2, 0.25) is 0 Å². The average Bonchev–Trinajstić information content (AvgIpc) is 2.58. The zero-order valence-electron chi connectivity index (χ0n) is 11.3. The second-order valence-corrected chi connectivity index (χ2v) is 4.90. The molecule has 2 heterocycles. The number of hydrogen-bond acceptors (Lipinski definition) is 6. The second kappa shape index (κ2) is 5.83. The molecule has 0 amide bonds. The number of anilines is 1. The predicted octanol–water partition coefficient (Wildman–Crippen LogP) is 0.102. The van der Waals surface area contributed by atoms with Gasteiger partial charge in [0.2, 0.25) is 0 Å². The quantitative estimate of drug-likeness (QED) is 0.341. The van der Waals surface area contributed by atoms with E-state index in [1.54, 1.807) is 6.20 Å². The third-order valence-electron chi connectivity index (χ3n) is 3.35. The maximum atomic E-state index is 8.59. The number of likely N-dealkylation sites (N-methyl/N-ethyl adjacent to an activating group) is 1. The fourth-order valence-corrected chi connectivity index (χ4v) is 2.37. The van der Waals surface area contributed by atoms with Crippen molar-refractivity contribution in [3.63, 3.8) is 0 Å². The molecule has 3 N–H and O–H groups in total. The molecule has 1 aromatic heterocycles. The van der Waals surface area contributed by atoms with Crippen LogP contribution in [0.4, 0.5) is 5.82 Å². The zero-order chi connectivity index (χ0) is 13.8. The van der Waals surface area contributed by atoms with Crippen molar-refractivity contribution in [2.75, 3.05) is 31.6 Å². The Bertz CT molecular complexity index is 446. The zero-order valence-corrected chi connectivity index (χ0v) is 11.3. The number of rotatable bonds is 2. The fraction of sp³-hybridized carbons (Fsp3) is 0.583. The highest BCUT2D eigenvalue weighted by molar-refractivity contribution is 5.94. The molecule has 0 spiro atoms. The highest BCUT2D eigenvalue weighted by atomic mass is 16.4. The van der Waals surface area contributed by atoms with E-state index in [0.29, 0.717) is 11.7 Å². The van der Waals surface area contributed by atoms with E-state index in [2.05, 4.69) is 38.9 Å². The minimum atomic E-state index is -0.0253. The normalized spacial score (nSPS) is 22.3. The number of nitrogens with zero attached hydrogens (tertiary/aromatic N) is 5. The Labute approximate surface area is 112 Å².